The van der Waals surface area contributed by atoms with E-state index in [1.54, 1.807) is 22.2 Å². The Morgan fingerprint density at radius 1 is 0.919 bits per heavy atom. The summed E-state index contributed by atoms with van der Waals surface area (Å²) in [5.41, 5.74) is 4.44. The highest BCUT2D eigenvalue weighted by molar-refractivity contribution is 7.16. The molecule has 1 atom stereocenters. The molecule has 0 aliphatic rings. The Labute approximate surface area is 213 Å². The van der Waals surface area contributed by atoms with Gasteiger partial charge in [0, 0.05) is 11.4 Å². The molecule has 0 aliphatic heterocycles. The van der Waals surface area contributed by atoms with Crippen molar-refractivity contribution in [1.29, 1.82) is 0 Å². The van der Waals surface area contributed by atoms with Gasteiger partial charge in [-0.2, -0.15) is 0 Å². The summed E-state index contributed by atoms with van der Waals surface area (Å²) >= 11 is 1.42. The van der Waals surface area contributed by atoms with Crippen LogP contribution >= 0.6 is 11.3 Å². The number of hydrogen-bond acceptors (Lipinski definition) is 6. The summed E-state index contributed by atoms with van der Waals surface area (Å²) < 4.78 is 29.4. The number of hydrogen-bond donors (Lipinski definition) is 1. The van der Waals surface area contributed by atoms with E-state index in [1.165, 1.54) is 23.7 Å². The maximum absolute atomic E-state index is 14.2. The molecule has 6 nitrogen and oxygen atoms in total. The Morgan fingerprint density at radius 2 is 1.76 bits per heavy atom. The van der Waals surface area contributed by atoms with Crippen molar-refractivity contribution in [1.82, 2.24) is 19.5 Å². The first-order valence-electron chi connectivity index (χ1n) is 11.5. The molecule has 3 aromatic heterocycles. The quantitative estimate of drug-likeness (QED) is 0.286. The molecule has 0 spiro atoms. The molecule has 0 fully saturated rings. The Morgan fingerprint density at radius 3 is 2.57 bits per heavy atom. The maximum Gasteiger partial charge on any atom is 0.263 e. The van der Waals surface area contributed by atoms with Crippen LogP contribution in [-0.4, -0.2) is 19.5 Å². The number of benzene rings is 3. The van der Waals surface area contributed by atoms with Crippen LogP contribution in [0.3, 0.4) is 0 Å². The number of aromatic nitrogens is 4. The zero-order chi connectivity index (χ0) is 25.5. The summed E-state index contributed by atoms with van der Waals surface area (Å²) in [4.78, 5) is 27.9. The van der Waals surface area contributed by atoms with Gasteiger partial charge in [0.1, 0.15) is 16.7 Å². The van der Waals surface area contributed by atoms with E-state index in [-0.39, 0.29) is 11.6 Å². The Kier molecular flexibility index (Phi) is 5.69. The van der Waals surface area contributed by atoms with E-state index in [0.717, 1.165) is 17.0 Å². The zero-order valence-electron chi connectivity index (χ0n) is 19.5. The highest BCUT2D eigenvalue weighted by Gasteiger charge is 2.20. The molecule has 6 aromatic rings. The largest absolute Gasteiger partial charge is 0.360 e. The summed E-state index contributed by atoms with van der Waals surface area (Å²) in [6.45, 7) is 1.94. The summed E-state index contributed by atoms with van der Waals surface area (Å²) in [6.07, 6.45) is 1.48. The summed E-state index contributed by atoms with van der Waals surface area (Å²) in [5.74, 6) is -1.33. The predicted octanol–water partition coefficient (Wildman–Crippen LogP) is 6.51. The molecule has 6 rings (SSSR count). The van der Waals surface area contributed by atoms with Crippen molar-refractivity contribution in [3.05, 3.63) is 112 Å². The van der Waals surface area contributed by atoms with Gasteiger partial charge in [-0.3, -0.25) is 9.36 Å². The molecular formula is C28H19F2N5OS. The fourth-order valence-corrected chi connectivity index (χ4v) is 5.15. The number of nitrogens with one attached hydrogen (secondary N) is 1. The van der Waals surface area contributed by atoms with Gasteiger partial charge in [-0.15, -0.1) is 11.3 Å². The molecular weight excluding hydrogens is 492 g/mol. The number of pyridine rings is 1. The predicted molar refractivity (Wildman–Crippen MR) is 142 cm³/mol. The third kappa shape index (κ3) is 4.03. The van der Waals surface area contributed by atoms with E-state index >= 15 is 0 Å². The number of thiazole rings is 1. The maximum atomic E-state index is 14.2. The third-order valence-corrected chi connectivity index (χ3v) is 6.98. The second kappa shape index (κ2) is 9.18. The molecule has 0 radical (unpaired) electrons. The van der Waals surface area contributed by atoms with Gasteiger partial charge in [0.05, 0.1) is 16.9 Å². The average Bonchev–Trinajstić information content (AvgIpc) is 3.40. The van der Waals surface area contributed by atoms with Crippen LogP contribution in [-0.2, 0) is 0 Å². The van der Waals surface area contributed by atoms with Crippen molar-refractivity contribution >= 4 is 38.3 Å². The number of anilines is 1. The number of para-hydroxylation sites is 1. The Balaban J connectivity index is 1.57. The van der Waals surface area contributed by atoms with E-state index in [0.29, 0.717) is 44.6 Å². The topological polar surface area (TPSA) is 72.7 Å². The molecule has 9 heteroatoms. The van der Waals surface area contributed by atoms with Crippen molar-refractivity contribution < 1.29 is 8.78 Å². The lowest BCUT2D eigenvalue weighted by Gasteiger charge is -2.22. The molecule has 0 saturated heterocycles. The van der Waals surface area contributed by atoms with E-state index in [9.17, 15) is 13.6 Å². The van der Waals surface area contributed by atoms with Crippen molar-refractivity contribution in [2.75, 3.05) is 5.32 Å². The van der Waals surface area contributed by atoms with Gasteiger partial charge in [0.15, 0.2) is 17.5 Å². The van der Waals surface area contributed by atoms with Gasteiger partial charge >= 0.3 is 0 Å². The Bertz CT molecular complexity index is 1830. The normalized spacial score (nSPS) is 12.2. The van der Waals surface area contributed by atoms with Crippen LogP contribution in [0.15, 0.2) is 89.4 Å². The van der Waals surface area contributed by atoms with E-state index in [2.05, 4.69) is 20.3 Å². The minimum atomic E-state index is -0.967. The third-order valence-electron chi connectivity index (χ3n) is 6.25. The summed E-state index contributed by atoms with van der Waals surface area (Å²) in [6, 6.07) is 19.9. The number of fused-ring (bicyclic) bond motifs is 2. The SMILES string of the molecule is C[C@H](Nc1ncnc2scnc12)c1cc2cccc(-c3ccc(F)c(F)c3)c2c(=O)n1-c1ccccc1. The van der Waals surface area contributed by atoms with Crippen molar-refractivity contribution in [3.63, 3.8) is 0 Å². The number of nitrogens with zero attached hydrogens (tertiary/aromatic N) is 4. The molecule has 0 bridgehead atoms. The van der Waals surface area contributed by atoms with E-state index in [4.69, 9.17) is 0 Å². The van der Waals surface area contributed by atoms with Crippen molar-refractivity contribution in [2.24, 2.45) is 0 Å². The molecule has 182 valence electrons. The lowest BCUT2D eigenvalue weighted by Crippen LogP contribution is -2.26. The van der Waals surface area contributed by atoms with Crippen LogP contribution in [0.1, 0.15) is 18.7 Å². The lowest BCUT2D eigenvalue weighted by molar-refractivity contribution is 0.509. The molecule has 0 aliphatic carbocycles. The Hall–Kier alpha value is -4.50. The minimum absolute atomic E-state index is 0.269. The van der Waals surface area contributed by atoms with Crippen molar-refractivity contribution in [3.8, 4) is 16.8 Å². The van der Waals surface area contributed by atoms with Gasteiger partial charge in [0.2, 0.25) is 0 Å². The first kappa shape index (κ1) is 22.9. The standard InChI is InChI=1S/C28H19F2N5OS/c1-16(34-26-25-27(32-14-31-26)37-15-33-25)23-13-18-6-5-9-20(17-10-11-21(29)22(30)12-17)24(18)28(36)35(23)19-7-3-2-4-8-19/h2-16H,1H3,(H,31,32,34)/t16-/m0/s1. The summed E-state index contributed by atoms with van der Waals surface area (Å²) in [7, 11) is 0. The van der Waals surface area contributed by atoms with Gasteiger partial charge in [-0.05, 0) is 53.8 Å². The average molecular weight is 512 g/mol. The monoisotopic (exact) mass is 511 g/mol. The minimum Gasteiger partial charge on any atom is -0.360 e. The fourth-order valence-electron chi connectivity index (χ4n) is 4.53. The molecule has 3 aromatic carbocycles. The molecule has 0 amide bonds. The highest BCUT2D eigenvalue weighted by atomic mass is 32.1. The lowest BCUT2D eigenvalue weighted by atomic mass is 9.97. The van der Waals surface area contributed by atoms with Gasteiger partial charge in [0.25, 0.3) is 5.56 Å². The van der Waals surface area contributed by atoms with Crippen LogP contribution in [0, 0.1) is 11.6 Å². The van der Waals surface area contributed by atoms with E-state index < -0.39 is 11.6 Å². The second-order valence-corrected chi connectivity index (χ2v) is 9.37. The van der Waals surface area contributed by atoms with Gasteiger partial charge < -0.3 is 5.32 Å². The van der Waals surface area contributed by atoms with Crippen LogP contribution in [0.4, 0.5) is 14.6 Å². The van der Waals surface area contributed by atoms with Gasteiger partial charge in [-0.1, -0.05) is 42.5 Å². The first-order valence-corrected chi connectivity index (χ1v) is 12.4. The molecule has 1 N–H and O–H groups in total. The van der Waals surface area contributed by atoms with E-state index in [1.807, 2.05) is 49.4 Å². The molecule has 0 unspecified atom stereocenters. The van der Waals surface area contributed by atoms with Crippen LogP contribution in [0.5, 0.6) is 0 Å². The van der Waals surface area contributed by atoms with Gasteiger partial charge in [-0.25, -0.2) is 23.7 Å². The van der Waals surface area contributed by atoms with Crippen LogP contribution < -0.4 is 10.9 Å². The van der Waals surface area contributed by atoms with Crippen LogP contribution in [0.25, 0.3) is 37.9 Å². The summed E-state index contributed by atoms with van der Waals surface area (Å²) in [5, 5.41) is 4.49. The zero-order valence-corrected chi connectivity index (χ0v) is 20.3. The molecule has 37 heavy (non-hydrogen) atoms. The smallest absolute Gasteiger partial charge is 0.263 e. The molecule has 3 heterocycles. The fraction of sp³-hybridized carbons (Fsp3) is 0.0714. The second-order valence-electron chi connectivity index (χ2n) is 8.54. The van der Waals surface area contributed by atoms with Crippen LogP contribution in [0.2, 0.25) is 0 Å². The van der Waals surface area contributed by atoms with Crippen molar-refractivity contribution in [2.45, 2.75) is 13.0 Å². The molecule has 0 saturated carbocycles. The number of rotatable bonds is 5. The first-order chi connectivity index (χ1) is 18.0. The highest BCUT2D eigenvalue weighted by Crippen LogP contribution is 2.31. The number of halogens is 2.